The van der Waals surface area contributed by atoms with E-state index in [2.05, 4.69) is 15.9 Å². The molecule has 3 N–H and O–H groups in total. The molecule has 0 radical (unpaired) electrons. The maximum Gasteiger partial charge on any atom is 0.455 e. The predicted molar refractivity (Wildman–Crippen MR) is 72.2 cm³/mol. The van der Waals surface area contributed by atoms with Gasteiger partial charge in [0.2, 0.25) is 0 Å². The van der Waals surface area contributed by atoms with Gasteiger partial charge in [0, 0.05) is 0 Å². The Hall–Kier alpha value is -0.800. The summed E-state index contributed by atoms with van der Waals surface area (Å²) in [5.74, 6) is -5.74. The van der Waals surface area contributed by atoms with Crippen LogP contribution in [-0.2, 0) is 0 Å². The number of halogens is 7. The van der Waals surface area contributed by atoms with Crippen molar-refractivity contribution in [2.24, 2.45) is 5.73 Å². The summed E-state index contributed by atoms with van der Waals surface area (Å²) >= 11 is 2.84. The molecule has 1 aromatic carbocycles. The molecule has 0 unspecified atom stereocenters. The summed E-state index contributed by atoms with van der Waals surface area (Å²) in [5, 5.41) is 9.58. The molecule has 0 aromatic heterocycles. The number of phenols is 1. The lowest BCUT2D eigenvalue weighted by atomic mass is 10.0. The number of aromatic hydroxyl groups is 1. The summed E-state index contributed by atoms with van der Waals surface area (Å²) in [4.78, 5) is 0. The first-order valence-corrected chi connectivity index (χ1v) is 6.17. The van der Waals surface area contributed by atoms with E-state index in [0.29, 0.717) is 0 Å². The van der Waals surface area contributed by atoms with Crippen molar-refractivity contribution in [2.45, 2.75) is 25.1 Å². The number of nitrogens with two attached hydrogens (primary N) is 1. The third-order valence-electron chi connectivity index (χ3n) is 2.48. The highest BCUT2D eigenvalue weighted by molar-refractivity contribution is 9.10. The van der Waals surface area contributed by atoms with Gasteiger partial charge in [0.25, 0.3) is 0 Å². The van der Waals surface area contributed by atoms with Gasteiger partial charge in [0.15, 0.2) is 11.5 Å². The summed E-state index contributed by atoms with van der Waals surface area (Å²) < 4.78 is 68.1. The number of alkyl halides is 5. The van der Waals surface area contributed by atoms with Crippen LogP contribution in [0.3, 0.4) is 0 Å². The van der Waals surface area contributed by atoms with Gasteiger partial charge in [-0.25, -0.2) is 0 Å². The lowest BCUT2D eigenvalue weighted by Gasteiger charge is -2.26. The van der Waals surface area contributed by atoms with Crippen LogP contribution < -0.4 is 10.5 Å². The van der Waals surface area contributed by atoms with Gasteiger partial charge in [-0.2, -0.15) is 22.0 Å². The molecule has 3 nitrogen and oxygen atoms in total. The molecule has 0 aliphatic heterocycles. The van der Waals surface area contributed by atoms with E-state index in [1.807, 2.05) is 0 Å². The average Bonchev–Trinajstić information content (AvgIpc) is 2.32. The standard InChI is InChI=1S/C11H11BrF5NO2.ClH/c1-2-20-7-4-5(3-6(12)8(7)19)9(18)10(13,14)11(15,16)17;/h3-4,9,19H,2,18H2,1H3;1H/t9-;/m1./s1. The third kappa shape index (κ3) is 4.10. The van der Waals surface area contributed by atoms with Gasteiger partial charge in [0.1, 0.15) is 6.04 Å². The number of phenolic OH excluding ortho intramolecular Hbond substituents is 1. The van der Waals surface area contributed by atoms with Crippen LogP contribution in [0, 0.1) is 0 Å². The monoisotopic (exact) mass is 399 g/mol. The highest BCUT2D eigenvalue weighted by Gasteiger charge is 2.61. The van der Waals surface area contributed by atoms with E-state index in [4.69, 9.17) is 10.5 Å². The second kappa shape index (κ2) is 6.97. The fourth-order valence-electron chi connectivity index (χ4n) is 1.42. The maximum absolute atomic E-state index is 13.2. The molecule has 0 spiro atoms. The quantitative estimate of drug-likeness (QED) is 0.746. The fourth-order valence-corrected chi connectivity index (χ4v) is 1.88. The van der Waals surface area contributed by atoms with E-state index < -0.39 is 29.5 Å². The van der Waals surface area contributed by atoms with Crippen molar-refractivity contribution in [3.8, 4) is 11.5 Å². The van der Waals surface area contributed by atoms with Crippen LogP contribution in [0.4, 0.5) is 22.0 Å². The Bertz CT molecular complexity index is 498. The molecule has 10 heteroatoms. The van der Waals surface area contributed by atoms with Crippen molar-refractivity contribution in [3.63, 3.8) is 0 Å². The number of hydrogen-bond donors (Lipinski definition) is 2. The largest absolute Gasteiger partial charge is 0.503 e. The van der Waals surface area contributed by atoms with Crippen LogP contribution in [0.25, 0.3) is 0 Å². The fraction of sp³-hybridized carbons (Fsp3) is 0.455. The van der Waals surface area contributed by atoms with E-state index in [9.17, 15) is 27.1 Å². The Morgan fingerprint density at radius 3 is 2.24 bits per heavy atom. The van der Waals surface area contributed by atoms with Crippen LogP contribution in [-0.4, -0.2) is 23.8 Å². The molecule has 0 heterocycles. The first kappa shape index (κ1) is 20.2. The van der Waals surface area contributed by atoms with Gasteiger partial charge in [0.05, 0.1) is 11.1 Å². The Balaban J connectivity index is 0.00000400. The number of rotatable bonds is 4. The van der Waals surface area contributed by atoms with Crippen molar-refractivity contribution in [2.75, 3.05) is 6.61 Å². The SMILES string of the molecule is CCOc1cc([C@@H](N)C(F)(F)C(F)(F)F)cc(Br)c1O.Cl. The van der Waals surface area contributed by atoms with E-state index in [1.165, 1.54) is 0 Å². The summed E-state index contributed by atoms with van der Waals surface area (Å²) in [6, 6.07) is -0.866. The minimum atomic E-state index is -5.78. The van der Waals surface area contributed by atoms with Gasteiger partial charge < -0.3 is 15.6 Å². The van der Waals surface area contributed by atoms with E-state index in [-0.39, 0.29) is 29.2 Å². The molecule has 1 rings (SSSR count). The van der Waals surface area contributed by atoms with E-state index in [1.54, 1.807) is 6.92 Å². The van der Waals surface area contributed by atoms with E-state index >= 15 is 0 Å². The number of hydrogen-bond acceptors (Lipinski definition) is 3. The molecular weight excluding hydrogens is 388 g/mol. The summed E-state index contributed by atoms with van der Waals surface area (Å²) in [6.45, 7) is 1.65. The summed E-state index contributed by atoms with van der Waals surface area (Å²) in [5.41, 5.74) is 4.50. The lowest BCUT2D eigenvalue weighted by molar-refractivity contribution is -0.291. The molecule has 1 aromatic rings. The molecule has 21 heavy (non-hydrogen) atoms. The topological polar surface area (TPSA) is 55.5 Å². The zero-order valence-corrected chi connectivity index (χ0v) is 13.0. The molecule has 122 valence electrons. The minimum Gasteiger partial charge on any atom is -0.503 e. The number of ether oxygens (including phenoxy) is 1. The smallest absolute Gasteiger partial charge is 0.455 e. The molecule has 1 atom stereocenters. The van der Waals surface area contributed by atoms with Crippen LogP contribution in [0.2, 0.25) is 0 Å². The van der Waals surface area contributed by atoms with Gasteiger partial charge in [-0.3, -0.25) is 0 Å². The molecule has 0 saturated carbocycles. The lowest BCUT2D eigenvalue weighted by Crippen LogP contribution is -2.45. The zero-order valence-electron chi connectivity index (χ0n) is 10.5. The highest BCUT2D eigenvalue weighted by Crippen LogP contribution is 2.45. The summed E-state index contributed by atoms with van der Waals surface area (Å²) in [7, 11) is 0. The van der Waals surface area contributed by atoms with Crippen LogP contribution in [0.15, 0.2) is 16.6 Å². The van der Waals surface area contributed by atoms with E-state index in [0.717, 1.165) is 12.1 Å². The van der Waals surface area contributed by atoms with Gasteiger partial charge in [-0.1, -0.05) is 0 Å². The predicted octanol–water partition coefficient (Wildman–Crippen LogP) is 4.17. The Morgan fingerprint density at radius 1 is 1.29 bits per heavy atom. The first-order chi connectivity index (χ1) is 9.02. The van der Waals surface area contributed by atoms with Crippen molar-refractivity contribution >= 4 is 28.3 Å². The second-order valence-electron chi connectivity index (χ2n) is 3.88. The molecule has 0 aliphatic rings. The molecular formula is C11H12BrClF5NO2. The van der Waals surface area contributed by atoms with Crippen molar-refractivity contribution in [1.29, 1.82) is 0 Å². The van der Waals surface area contributed by atoms with Gasteiger partial charge >= 0.3 is 12.1 Å². The Kier molecular flexibility index (Phi) is 6.71. The molecule has 0 bridgehead atoms. The van der Waals surface area contributed by atoms with Crippen molar-refractivity contribution in [1.82, 2.24) is 0 Å². The Morgan fingerprint density at radius 2 is 1.81 bits per heavy atom. The second-order valence-corrected chi connectivity index (χ2v) is 4.74. The highest BCUT2D eigenvalue weighted by atomic mass is 79.9. The maximum atomic E-state index is 13.2. The van der Waals surface area contributed by atoms with Gasteiger partial charge in [-0.05, 0) is 40.5 Å². The zero-order chi connectivity index (χ0) is 15.7. The normalized spacial score (nSPS) is 13.5. The third-order valence-corrected chi connectivity index (χ3v) is 3.08. The summed E-state index contributed by atoms with van der Waals surface area (Å²) in [6.07, 6.45) is -5.78. The van der Waals surface area contributed by atoms with Crippen LogP contribution >= 0.6 is 28.3 Å². The molecule has 0 fully saturated rings. The van der Waals surface area contributed by atoms with Crippen LogP contribution in [0.5, 0.6) is 11.5 Å². The van der Waals surface area contributed by atoms with Crippen LogP contribution in [0.1, 0.15) is 18.5 Å². The van der Waals surface area contributed by atoms with Crippen molar-refractivity contribution < 1.29 is 31.8 Å². The van der Waals surface area contributed by atoms with Gasteiger partial charge in [-0.15, -0.1) is 12.4 Å². The van der Waals surface area contributed by atoms with Crippen molar-refractivity contribution in [3.05, 3.63) is 22.2 Å². The first-order valence-electron chi connectivity index (χ1n) is 5.37. The minimum absolute atomic E-state index is 0. The Labute approximate surface area is 131 Å². The molecule has 0 saturated heterocycles. The number of benzene rings is 1. The molecule has 0 aliphatic carbocycles. The molecule has 0 amide bonds. The average molecular weight is 401 g/mol.